The van der Waals surface area contributed by atoms with Gasteiger partial charge in [0, 0.05) is 0 Å². The van der Waals surface area contributed by atoms with Crippen molar-refractivity contribution in [3.05, 3.63) is 29.3 Å². The predicted molar refractivity (Wildman–Crippen MR) is 70.8 cm³/mol. The van der Waals surface area contributed by atoms with Crippen molar-refractivity contribution in [2.75, 3.05) is 10.5 Å². The lowest BCUT2D eigenvalue weighted by Crippen LogP contribution is -2.18. The predicted octanol–water partition coefficient (Wildman–Crippen LogP) is 2.72. The number of rotatable bonds is 4. The second-order valence-corrected chi connectivity index (χ2v) is 6.41. The summed E-state index contributed by atoms with van der Waals surface area (Å²) in [5.41, 5.74) is 3.28. The molecule has 0 aliphatic heterocycles. The van der Waals surface area contributed by atoms with Crippen molar-refractivity contribution in [2.45, 2.75) is 39.0 Å². The minimum Gasteiger partial charge on any atom is -0.283 e. The number of hydrogen-bond acceptors (Lipinski definition) is 2. The van der Waals surface area contributed by atoms with E-state index in [1.165, 1.54) is 17.5 Å². The Morgan fingerprint density at radius 2 is 2.00 bits per heavy atom. The van der Waals surface area contributed by atoms with E-state index in [2.05, 4.69) is 10.8 Å². The van der Waals surface area contributed by atoms with Gasteiger partial charge in [-0.25, -0.2) is 8.42 Å². The quantitative estimate of drug-likeness (QED) is 0.896. The highest BCUT2D eigenvalue weighted by Gasteiger charge is 2.16. The third-order valence-electron chi connectivity index (χ3n) is 3.13. The van der Waals surface area contributed by atoms with Crippen LogP contribution in [0, 0.1) is 0 Å². The molecule has 0 fully saturated rings. The number of nitrogens with one attached hydrogen (secondary N) is 1. The number of sulfonamides is 1. The van der Waals surface area contributed by atoms with Gasteiger partial charge in [-0.1, -0.05) is 19.1 Å². The molecule has 1 aromatic rings. The zero-order valence-electron chi connectivity index (χ0n) is 10.2. The first kappa shape index (κ1) is 12.4. The monoisotopic (exact) mass is 253 g/mol. The molecule has 0 saturated carbocycles. The zero-order chi connectivity index (χ0) is 12.3. The standard InChI is InChI=1S/C13H19NO2S/c1-2-10-17(15,16)14-13-9-5-7-11-6-3-4-8-12(11)13/h5,7,9,14H,2-4,6,8,10H2,1H3. The summed E-state index contributed by atoms with van der Waals surface area (Å²) in [6.45, 7) is 1.87. The SMILES string of the molecule is CCCS(=O)(=O)Nc1cccc2c1CCCC2. The molecular weight excluding hydrogens is 234 g/mol. The lowest BCUT2D eigenvalue weighted by atomic mass is 9.91. The van der Waals surface area contributed by atoms with Gasteiger partial charge >= 0.3 is 0 Å². The Morgan fingerprint density at radius 3 is 2.76 bits per heavy atom. The van der Waals surface area contributed by atoms with Crippen molar-refractivity contribution in [3.8, 4) is 0 Å². The van der Waals surface area contributed by atoms with Crippen LogP contribution in [0.4, 0.5) is 5.69 Å². The Balaban J connectivity index is 2.27. The summed E-state index contributed by atoms with van der Waals surface area (Å²) >= 11 is 0. The van der Waals surface area contributed by atoms with Gasteiger partial charge in [0.05, 0.1) is 11.4 Å². The smallest absolute Gasteiger partial charge is 0.232 e. The summed E-state index contributed by atoms with van der Waals surface area (Å²) < 4.78 is 26.3. The first-order valence-corrected chi connectivity index (χ1v) is 7.89. The van der Waals surface area contributed by atoms with Crippen LogP contribution >= 0.6 is 0 Å². The van der Waals surface area contributed by atoms with Gasteiger partial charge in [-0.15, -0.1) is 0 Å². The number of benzene rings is 1. The fraction of sp³-hybridized carbons (Fsp3) is 0.538. The first-order chi connectivity index (χ1) is 8.12. The summed E-state index contributed by atoms with van der Waals surface area (Å²) in [5, 5.41) is 0. The van der Waals surface area contributed by atoms with E-state index in [4.69, 9.17) is 0 Å². The maximum Gasteiger partial charge on any atom is 0.232 e. The molecular formula is C13H19NO2S. The number of aryl methyl sites for hydroxylation is 1. The number of hydrogen-bond donors (Lipinski definition) is 1. The van der Waals surface area contributed by atoms with Crippen LogP contribution in [0.2, 0.25) is 0 Å². The van der Waals surface area contributed by atoms with Crippen LogP contribution in [0.5, 0.6) is 0 Å². The van der Waals surface area contributed by atoms with Crippen molar-refractivity contribution in [2.24, 2.45) is 0 Å². The van der Waals surface area contributed by atoms with E-state index >= 15 is 0 Å². The second-order valence-electron chi connectivity index (χ2n) is 4.57. The fourth-order valence-corrected chi connectivity index (χ4v) is 3.53. The maximum atomic E-state index is 11.8. The molecule has 0 aromatic heterocycles. The van der Waals surface area contributed by atoms with Crippen molar-refractivity contribution >= 4 is 15.7 Å². The third kappa shape index (κ3) is 3.00. The molecule has 4 heteroatoms. The van der Waals surface area contributed by atoms with E-state index in [1.54, 1.807) is 0 Å². The summed E-state index contributed by atoms with van der Waals surface area (Å²) in [6, 6.07) is 5.91. The van der Waals surface area contributed by atoms with Gasteiger partial charge in [0.25, 0.3) is 0 Å². The van der Waals surface area contributed by atoms with Crippen molar-refractivity contribution in [1.29, 1.82) is 0 Å². The molecule has 94 valence electrons. The lowest BCUT2D eigenvalue weighted by Gasteiger charge is -2.19. The molecule has 0 heterocycles. The van der Waals surface area contributed by atoms with E-state index < -0.39 is 10.0 Å². The highest BCUT2D eigenvalue weighted by Crippen LogP contribution is 2.28. The Labute approximate surface area is 103 Å². The Morgan fingerprint density at radius 1 is 1.24 bits per heavy atom. The molecule has 1 aliphatic rings. The van der Waals surface area contributed by atoms with Crippen LogP contribution in [0.15, 0.2) is 18.2 Å². The zero-order valence-corrected chi connectivity index (χ0v) is 11.0. The van der Waals surface area contributed by atoms with E-state index in [0.29, 0.717) is 6.42 Å². The highest BCUT2D eigenvalue weighted by atomic mass is 32.2. The molecule has 0 atom stereocenters. The van der Waals surface area contributed by atoms with Gasteiger partial charge in [0.1, 0.15) is 0 Å². The number of fused-ring (bicyclic) bond motifs is 1. The molecule has 0 amide bonds. The summed E-state index contributed by atoms with van der Waals surface area (Å²) in [5.74, 6) is 0.191. The van der Waals surface area contributed by atoms with Gasteiger partial charge in [-0.2, -0.15) is 0 Å². The average Bonchev–Trinajstić information content (AvgIpc) is 2.29. The Hall–Kier alpha value is -1.03. The molecule has 0 unspecified atom stereocenters. The van der Waals surface area contributed by atoms with Crippen molar-refractivity contribution in [1.82, 2.24) is 0 Å². The second kappa shape index (κ2) is 5.08. The Bertz CT molecular complexity index is 494. The molecule has 0 radical (unpaired) electrons. The molecule has 0 saturated heterocycles. The molecule has 1 aromatic carbocycles. The van der Waals surface area contributed by atoms with Gasteiger partial charge in [-0.05, 0) is 49.3 Å². The summed E-state index contributed by atoms with van der Waals surface area (Å²) in [6.07, 6.45) is 5.06. The summed E-state index contributed by atoms with van der Waals surface area (Å²) in [7, 11) is -3.17. The average molecular weight is 253 g/mol. The fourth-order valence-electron chi connectivity index (χ4n) is 2.36. The first-order valence-electron chi connectivity index (χ1n) is 6.23. The van der Waals surface area contributed by atoms with E-state index in [-0.39, 0.29) is 5.75 Å². The molecule has 2 rings (SSSR count). The summed E-state index contributed by atoms with van der Waals surface area (Å²) in [4.78, 5) is 0. The van der Waals surface area contributed by atoms with Crippen LogP contribution in [0.1, 0.15) is 37.3 Å². The van der Waals surface area contributed by atoms with Crippen LogP contribution in [0.25, 0.3) is 0 Å². The van der Waals surface area contributed by atoms with Crippen LogP contribution in [-0.4, -0.2) is 14.2 Å². The normalized spacial score (nSPS) is 15.4. The molecule has 1 aliphatic carbocycles. The van der Waals surface area contributed by atoms with Crippen LogP contribution in [0.3, 0.4) is 0 Å². The number of anilines is 1. The molecule has 17 heavy (non-hydrogen) atoms. The van der Waals surface area contributed by atoms with Gasteiger partial charge in [0.15, 0.2) is 0 Å². The van der Waals surface area contributed by atoms with Gasteiger partial charge in [-0.3, -0.25) is 4.72 Å². The van der Waals surface area contributed by atoms with Crippen LogP contribution < -0.4 is 4.72 Å². The van der Waals surface area contributed by atoms with Crippen molar-refractivity contribution in [3.63, 3.8) is 0 Å². The lowest BCUT2D eigenvalue weighted by molar-refractivity contribution is 0.599. The van der Waals surface area contributed by atoms with Crippen molar-refractivity contribution < 1.29 is 8.42 Å². The van der Waals surface area contributed by atoms with E-state index in [0.717, 1.165) is 24.9 Å². The van der Waals surface area contributed by atoms with E-state index in [1.807, 2.05) is 19.1 Å². The largest absolute Gasteiger partial charge is 0.283 e. The Kier molecular flexibility index (Phi) is 3.72. The third-order valence-corrected chi connectivity index (χ3v) is 4.61. The molecule has 0 bridgehead atoms. The minimum absolute atomic E-state index is 0.191. The van der Waals surface area contributed by atoms with Gasteiger partial charge in [0.2, 0.25) is 10.0 Å². The maximum absolute atomic E-state index is 11.8. The van der Waals surface area contributed by atoms with Gasteiger partial charge < -0.3 is 0 Å². The van der Waals surface area contributed by atoms with Crippen LogP contribution in [-0.2, 0) is 22.9 Å². The topological polar surface area (TPSA) is 46.2 Å². The minimum atomic E-state index is -3.17. The molecule has 1 N–H and O–H groups in total. The highest BCUT2D eigenvalue weighted by molar-refractivity contribution is 7.92. The van der Waals surface area contributed by atoms with E-state index in [9.17, 15) is 8.42 Å². The molecule has 3 nitrogen and oxygen atoms in total. The molecule has 0 spiro atoms.